The van der Waals surface area contributed by atoms with Crippen LogP contribution in [0, 0.1) is 0 Å². The number of nitrogens with one attached hydrogen (secondary N) is 1. The number of aromatic nitrogens is 1. The number of rotatable bonds is 4. The molecular formula is C18H16N2O3S2. The fourth-order valence-corrected chi connectivity index (χ4v) is 5.18. The monoisotopic (exact) mass is 372 g/mol. The number of Topliss-reactive ketones (excluding diaryl/α,β-unsaturated/α-hetero) is 1. The van der Waals surface area contributed by atoms with Crippen LogP contribution in [0.15, 0.2) is 24.3 Å². The lowest BCUT2D eigenvalue weighted by Gasteiger charge is -2.11. The first-order valence-corrected chi connectivity index (χ1v) is 9.75. The SMILES string of the molecule is CCOC(=O)c1c(Nc2nc3ccccc3s2)sc2c1CCC(=O)C2. The number of ether oxygens (including phenoxy) is 1. The zero-order chi connectivity index (χ0) is 17.4. The molecule has 0 fully saturated rings. The third kappa shape index (κ3) is 3.05. The molecule has 0 spiro atoms. The van der Waals surface area contributed by atoms with E-state index in [1.807, 2.05) is 24.3 Å². The number of hydrogen-bond acceptors (Lipinski definition) is 7. The normalized spacial score (nSPS) is 13.7. The van der Waals surface area contributed by atoms with Gasteiger partial charge in [-0.25, -0.2) is 9.78 Å². The van der Waals surface area contributed by atoms with Crippen LogP contribution in [0.1, 0.15) is 34.1 Å². The Hall–Kier alpha value is -2.25. The Morgan fingerprint density at radius 2 is 2.12 bits per heavy atom. The third-order valence-corrected chi connectivity index (χ3v) is 6.20. The first-order valence-electron chi connectivity index (χ1n) is 8.11. The smallest absolute Gasteiger partial charge is 0.341 e. The van der Waals surface area contributed by atoms with E-state index in [4.69, 9.17) is 4.74 Å². The first-order chi connectivity index (χ1) is 12.2. The van der Waals surface area contributed by atoms with Gasteiger partial charge in [-0.15, -0.1) is 11.3 Å². The standard InChI is InChI=1S/C18H16N2O3S2/c1-2-23-17(22)15-11-8-7-10(21)9-14(11)24-16(15)20-18-19-12-5-3-4-6-13(12)25-18/h3-6H,2,7-9H2,1H3,(H,19,20). The van der Waals surface area contributed by atoms with E-state index in [0.29, 0.717) is 31.4 Å². The zero-order valence-corrected chi connectivity index (χ0v) is 15.3. The largest absolute Gasteiger partial charge is 0.462 e. The summed E-state index contributed by atoms with van der Waals surface area (Å²) >= 11 is 3.00. The second-order valence-electron chi connectivity index (χ2n) is 5.76. The Bertz CT molecular complexity index is 941. The molecule has 1 N–H and O–H groups in total. The van der Waals surface area contributed by atoms with Gasteiger partial charge in [-0.2, -0.15) is 0 Å². The maximum absolute atomic E-state index is 12.5. The van der Waals surface area contributed by atoms with Crippen LogP contribution in [0.3, 0.4) is 0 Å². The van der Waals surface area contributed by atoms with Gasteiger partial charge in [0.25, 0.3) is 0 Å². The fraction of sp³-hybridized carbons (Fsp3) is 0.278. The molecule has 0 saturated carbocycles. The molecule has 0 saturated heterocycles. The van der Waals surface area contributed by atoms with Crippen molar-refractivity contribution in [3.8, 4) is 0 Å². The van der Waals surface area contributed by atoms with E-state index in [9.17, 15) is 9.59 Å². The van der Waals surface area contributed by atoms with E-state index >= 15 is 0 Å². The molecule has 2 heterocycles. The summed E-state index contributed by atoms with van der Waals surface area (Å²) in [6.07, 6.45) is 1.48. The van der Waals surface area contributed by atoms with Crippen molar-refractivity contribution in [3.63, 3.8) is 0 Å². The minimum absolute atomic E-state index is 0.218. The summed E-state index contributed by atoms with van der Waals surface area (Å²) in [6, 6.07) is 7.90. The van der Waals surface area contributed by atoms with Crippen molar-refractivity contribution in [2.24, 2.45) is 0 Å². The molecule has 0 radical (unpaired) electrons. The number of esters is 1. The zero-order valence-electron chi connectivity index (χ0n) is 13.6. The fourth-order valence-electron chi connectivity index (χ4n) is 2.98. The maximum Gasteiger partial charge on any atom is 0.341 e. The Labute approximate surface area is 152 Å². The van der Waals surface area contributed by atoms with Crippen LogP contribution in [0.25, 0.3) is 10.2 Å². The number of carbonyl (C=O) groups is 2. The van der Waals surface area contributed by atoms with Crippen LogP contribution in [0.4, 0.5) is 10.1 Å². The lowest BCUT2D eigenvalue weighted by Crippen LogP contribution is -2.15. The summed E-state index contributed by atoms with van der Waals surface area (Å²) in [5.74, 6) is -0.117. The molecule has 0 unspecified atom stereocenters. The van der Waals surface area contributed by atoms with Gasteiger partial charge in [-0.1, -0.05) is 23.5 Å². The van der Waals surface area contributed by atoms with Crippen molar-refractivity contribution in [2.75, 3.05) is 11.9 Å². The Kier molecular flexibility index (Phi) is 4.27. The van der Waals surface area contributed by atoms with E-state index in [0.717, 1.165) is 30.8 Å². The quantitative estimate of drug-likeness (QED) is 0.690. The van der Waals surface area contributed by atoms with Gasteiger partial charge in [-0.05, 0) is 31.0 Å². The predicted octanol–water partition coefficient (Wildman–Crippen LogP) is 4.34. The summed E-state index contributed by atoms with van der Waals surface area (Å²) in [5, 5.41) is 4.74. The number of anilines is 2. The topological polar surface area (TPSA) is 68.3 Å². The van der Waals surface area contributed by atoms with E-state index in [2.05, 4.69) is 10.3 Å². The molecule has 0 amide bonds. The number of thiophene rings is 1. The number of carbonyl (C=O) groups excluding carboxylic acids is 2. The number of hydrogen-bond donors (Lipinski definition) is 1. The highest BCUT2D eigenvalue weighted by Crippen LogP contribution is 2.40. The predicted molar refractivity (Wildman–Crippen MR) is 100 cm³/mol. The highest BCUT2D eigenvalue weighted by atomic mass is 32.1. The van der Waals surface area contributed by atoms with E-state index in [1.165, 1.54) is 22.7 Å². The summed E-state index contributed by atoms with van der Waals surface area (Å²) < 4.78 is 6.32. The molecule has 1 aliphatic rings. The molecule has 1 aromatic carbocycles. The number of para-hydroxylation sites is 1. The molecule has 128 valence electrons. The van der Waals surface area contributed by atoms with Crippen molar-refractivity contribution in [3.05, 3.63) is 40.3 Å². The van der Waals surface area contributed by atoms with Crippen molar-refractivity contribution in [2.45, 2.75) is 26.2 Å². The second kappa shape index (κ2) is 6.57. The molecule has 7 heteroatoms. The molecule has 0 aliphatic heterocycles. The number of benzene rings is 1. The summed E-state index contributed by atoms with van der Waals surface area (Å²) in [6.45, 7) is 2.11. The van der Waals surface area contributed by atoms with Crippen LogP contribution in [-0.4, -0.2) is 23.3 Å². The van der Waals surface area contributed by atoms with Crippen molar-refractivity contribution < 1.29 is 14.3 Å². The molecular weight excluding hydrogens is 356 g/mol. The van der Waals surface area contributed by atoms with Crippen molar-refractivity contribution >= 4 is 54.8 Å². The molecule has 3 aromatic rings. The lowest BCUT2D eigenvalue weighted by atomic mass is 9.94. The van der Waals surface area contributed by atoms with Gasteiger partial charge < -0.3 is 10.1 Å². The summed E-state index contributed by atoms with van der Waals surface area (Å²) in [4.78, 5) is 29.8. The highest BCUT2D eigenvalue weighted by Gasteiger charge is 2.29. The molecule has 25 heavy (non-hydrogen) atoms. The Balaban J connectivity index is 1.74. The van der Waals surface area contributed by atoms with E-state index in [-0.39, 0.29) is 11.8 Å². The van der Waals surface area contributed by atoms with Gasteiger partial charge in [0.2, 0.25) is 0 Å². The highest BCUT2D eigenvalue weighted by molar-refractivity contribution is 7.23. The van der Waals surface area contributed by atoms with Crippen LogP contribution in [-0.2, 0) is 22.4 Å². The maximum atomic E-state index is 12.5. The summed E-state index contributed by atoms with van der Waals surface area (Å²) in [5.41, 5.74) is 2.43. The first kappa shape index (κ1) is 16.2. The average Bonchev–Trinajstić information content (AvgIpc) is 3.14. The average molecular weight is 372 g/mol. The van der Waals surface area contributed by atoms with E-state index in [1.54, 1.807) is 6.92 Å². The van der Waals surface area contributed by atoms with Gasteiger partial charge in [-0.3, -0.25) is 4.79 Å². The Morgan fingerprint density at radius 1 is 1.28 bits per heavy atom. The third-order valence-electron chi connectivity index (χ3n) is 4.10. The summed E-state index contributed by atoms with van der Waals surface area (Å²) in [7, 11) is 0. The van der Waals surface area contributed by atoms with Crippen LogP contribution >= 0.6 is 22.7 Å². The Morgan fingerprint density at radius 3 is 2.92 bits per heavy atom. The lowest BCUT2D eigenvalue weighted by molar-refractivity contribution is -0.118. The number of ketones is 1. The molecule has 0 bridgehead atoms. The van der Waals surface area contributed by atoms with Gasteiger partial charge in [0.05, 0.1) is 22.4 Å². The van der Waals surface area contributed by atoms with Crippen LogP contribution in [0.5, 0.6) is 0 Å². The molecule has 0 atom stereocenters. The number of nitrogens with zero attached hydrogens (tertiary/aromatic N) is 1. The minimum Gasteiger partial charge on any atom is -0.462 e. The molecule has 4 rings (SSSR count). The minimum atomic E-state index is -0.335. The second-order valence-corrected chi connectivity index (χ2v) is 7.89. The number of fused-ring (bicyclic) bond motifs is 2. The molecule has 1 aliphatic carbocycles. The van der Waals surface area contributed by atoms with Crippen molar-refractivity contribution in [1.82, 2.24) is 4.98 Å². The van der Waals surface area contributed by atoms with Gasteiger partial charge in [0.1, 0.15) is 10.8 Å². The molecule has 5 nitrogen and oxygen atoms in total. The van der Waals surface area contributed by atoms with Gasteiger partial charge in [0.15, 0.2) is 5.13 Å². The van der Waals surface area contributed by atoms with Crippen LogP contribution < -0.4 is 5.32 Å². The van der Waals surface area contributed by atoms with E-state index < -0.39 is 0 Å². The van der Waals surface area contributed by atoms with Gasteiger partial charge >= 0.3 is 5.97 Å². The number of thiazole rings is 1. The molecule has 2 aromatic heterocycles. The van der Waals surface area contributed by atoms with Crippen molar-refractivity contribution in [1.29, 1.82) is 0 Å². The van der Waals surface area contributed by atoms with Gasteiger partial charge in [0, 0.05) is 17.7 Å². The van der Waals surface area contributed by atoms with Crippen LogP contribution in [0.2, 0.25) is 0 Å².